The SMILES string of the molecule is CC(C)(C)c1ccc(N(c2ccc(C(C)(C)C)cc2)c2ccc3c(c2)-c2cc4c(oc5ccccc54)c4c2B(c2cccc5c2N4c2cc4ccccc4cc2C5(C)C)N3c2ccc3c(c2)C(C)(C)CCC3(C)C)cc1. The first kappa shape index (κ1) is 47.0. The second-order valence-corrected chi connectivity index (χ2v) is 26.5. The minimum atomic E-state index is -0.295. The molecule has 4 nitrogen and oxygen atoms in total. The number of nitrogens with zero attached hydrogens (tertiary/aromatic N) is 3. The maximum absolute atomic E-state index is 7.32. The standard InChI is InChI=1S/C71H68BN3O/c1-67(2,3)45-24-28-47(29-25-45)73(48-30-26-46(27-31-48)68(4,5)6)49-33-35-60-52(40-49)53-42-54-51-20-15-16-23-62(51)76-66(54)65-63(53)72(75(60)50-32-34-55-57(41-50)70(9,10)37-36-69(55,7)8)59-22-17-21-56-64(59)74(65)61-39-44-19-14-13-18-43(44)38-58(61)71(56,11)12/h13-35,38-42H,36-37H2,1-12H3. The lowest BCUT2D eigenvalue weighted by Gasteiger charge is -2.50. The van der Waals surface area contributed by atoms with Crippen LogP contribution in [0.1, 0.15) is 129 Å². The fourth-order valence-corrected chi connectivity index (χ4v) is 13.9. The molecule has 5 heteroatoms. The van der Waals surface area contributed by atoms with Gasteiger partial charge in [-0.25, -0.2) is 0 Å². The summed E-state index contributed by atoms with van der Waals surface area (Å²) in [6.45, 7) is 28.2. The van der Waals surface area contributed by atoms with Gasteiger partial charge in [0.2, 0.25) is 0 Å². The summed E-state index contributed by atoms with van der Waals surface area (Å²) in [5.74, 6) is 0. The van der Waals surface area contributed by atoms with E-state index in [4.69, 9.17) is 4.42 Å². The largest absolute Gasteiger partial charge is 0.454 e. The lowest BCUT2D eigenvalue weighted by Crippen LogP contribution is -2.62. The molecule has 0 saturated carbocycles. The van der Waals surface area contributed by atoms with E-state index in [1.165, 1.54) is 95.4 Å². The third kappa shape index (κ3) is 6.76. The van der Waals surface area contributed by atoms with Crippen LogP contribution in [0, 0.1) is 0 Å². The zero-order valence-corrected chi connectivity index (χ0v) is 46.4. The number of furan rings is 1. The molecule has 3 aliphatic heterocycles. The van der Waals surface area contributed by atoms with Crippen molar-refractivity contribution < 1.29 is 4.42 Å². The fraction of sp³-hybridized carbons (Fsp3) is 0.268. The Morgan fingerprint density at radius 2 is 1.11 bits per heavy atom. The third-order valence-electron chi connectivity index (χ3n) is 18.4. The van der Waals surface area contributed by atoms with Crippen molar-refractivity contribution in [3.8, 4) is 11.1 Å². The monoisotopic (exact) mass is 990 g/mol. The number of para-hydroxylation sites is 2. The average molecular weight is 990 g/mol. The first-order chi connectivity index (χ1) is 36.2. The van der Waals surface area contributed by atoms with Crippen LogP contribution in [0.5, 0.6) is 0 Å². The van der Waals surface area contributed by atoms with Gasteiger partial charge in [0.15, 0.2) is 5.58 Å². The van der Waals surface area contributed by atoms with Gasteiger partial charge in [0.05, 0.1) is 11.4 Å². The van der Waals surface area contributed by atoms with Crippen LogP contribution < -0.4 is 25.5 Å². The summed E-state index contributed by atoms with van der Waals surface area (Å²) in [5.41, 5.74) is 24.3. The highest BCUT2D eigenvalue weighted by Crippen LogP contribution is 2.58. The molecule has 376 valence electrons. The molecule has 0 saturated heterocycles. The van der Waals surface area contributed by atoms with Crippen molar-refractivity contribution in [1.29, 1.82) is 0 Å². The van der Waals surface area contributed by atoms with Gasteiger partial charge in [0, 0.05) is 55.9 Å². The van der Waals surface area contributed by atoms with Gasteiger partial charge in [0.1, 0.15) is 5.58 Å². The van der Waals surface area contributed by atoms with Crippen LogP contribution in [0.15, 0.2) is 174 Å². The second-order valence-electron chi connectivity index (χ2n) is 26.5. The molecule has 76 heavy (non-hydrogen) atoms. The molecule has 14 rings (SSSR count). The van der Waals surface area contributed by atoms with Gasteiger partial charge >= 0.3 is 6.85 Å². The maximum atomic E-state index is 7.32. The van der Waals surface area contributed by atoms with Crippen molar-refractivity contribution in [3.63, 3.8) is 0 Å². The molecule has 0 spiro atoms. The van der Waals surface area contributed by atoms with Gasteiger partial charge in [-0.05, 0) is 174 Å². The van der Waals surface area contributed by atoms with Crippen LogP contribution in [0.3, 0.4) is 0 Å². The van der Waals surface area contributed by atoms with Crippen molar-refractivity contribution in [2.75, 3.05) is 14.6 Å². The molecular formula is C71H68BN3O. The van der Waals surface area contributed by atoms with Crippen LogP contribution in [0.2, 0.25) is 0 Å². The molecule has 0 N–H and O–H groups in total. The van der Waals surface area contributed by atoms with E-state index in [1.807, 2.05) is 0 Å². The molecule has 4 heterocycles. The minimum Gasteiger partial charge on any atom is -0.454 e. The molecule has 0 radical (unpaired) electrons. The lowest BCUT2D eigenvalue weighted by molar-refractivity contribution is 0.332. The van der Waals surface area contributed by atoms with Gasteiger partial charge in [-0.15, -0.1) is 0 Å². The Bertz CT molecular complexity index is 4010. The highest BCUT2D eigenvalue weighted by molar-refractivity contribution is 6.94. The minimum absolute atomic E-state index is 0.0181. The van der Waals surface area contributed by atoms with E-state index in [-0.39, 0.29) is 33.9 Å². The molecule has 1 aromatic heterocycles. The number of benzene rings is 9. The Morgan fingerprint density at radius 1 is 0.487 bits per heavy atom. The molecular weight excluding hydrogens is 922 g/mol. The zero-order valence-electron chi connectivity index (χ0n) is 46.4. The number of hydrogen-bond donors (Lipinski definition) is 0. The molecule has 10 aromatic rings. The molecule has 4 aliphatic rings. The number of fused-ring (bicyclic) bond motifs is 12. The Kier molecular flexibility index (Phi) is 9.76. The van der Waals surface area contributed by atoms with E-state index >= 15 is 0 Å². The predicted octanol–water partition coefficient (Wildman–Crippen LogP) is 18.5. The molecule has 0 atom stereocenters. The van der Waals surface area contributed by atoms with Crippen molar-refractivity contribution in [2.24, 2.45) is 0 Å². The summed E-state index contributed by atoms with van der Waals surface area (Å²) in [6.07, 6.45) is 2.31. The van der Waals surface area contributed by atoms with Crippen molar-refractivity contribution in [2.45, 2.75) is 123 Å². The normalized spacial score (nSPS) is 16.6. The van der Waals surface area contributed by atoms with E-state index in [0.717, 1.165) is 51.1 Å². The van der Waals surface area contributed by atoms with Crippen molar-refractivity contribution >= 4 is 96.0 Å². The Labute approximate surface area is 450 Å². The van der Waals surface area contributed by atoms with Gasteiger partial charge in [0.25, 0.3) is 0 Å². The van der Waals surface area contributed by atoms with Gasteiger partial charge in [-0.2, -0.15) is 0 Å². The summed E-state index contributed by atoms with van der Waals surface area (Å²) in [4.78, 5) is 7.81. The highest BCUT2D eigenvalue weighted by Gasteiger charge is 2.51. The molecule has 0 fully saturated rings. The van der Waals surface area contributed by atoms with Gasteiger partial charge in [-0.1, -0.05) is 174 Å². The van der Waals surface area contributed by atoms with Crippen LogP contribution in [-0.4, -0.2) is 6.85 Å². The highest BCUT2D eigenvalue weighted by atomic mass is 16.3. The van der Waals surface area contributed by atoms with E-state index in [0.29, 0.717) is 0 Å². The smallest absolute Gasteiger partial charge is 0.333 e. The number of rotatable bonds is 4. The molecule has 9 aromatic carbocycles. The Morgan fingerprint density at radius 3 is 1.78 bits per heavy atom. The van der Waals surface area contributed by atoms with E-state index in [9.17, 15) is 0 Å². The zero-order chi connectivity index (χ0) is 52.6. The van der Waals surface area contributed by atoms with Crippen LogP contribution in [-0.2, 0) is 27.1 Å². The summed E-state index contributed by atoms with van der Waals surface area (Å²) in [7, 11) is 0. The quantitative estimate of drug-likeness (QED) is 0.164. The van der Waals surface area contributed by atoms with Crippen LogP contribution in [0.4, 0.5) is 45.5 Å². The maximum Gasteiger partial charge on any atom is 0.333 e. The van der Waals surface area contributed by atoms with Crippen molar-refractivity contribution in [3.05, 3.63) is 203 Å². The van der Waals surface area contributed by atoms with E-state index in [2.05, 4.69) is 268 Å². The number of hydrogen-bond acceptors (Lipinski definition) is 4. The van der Waals surface area contributed by atoms with Crippen molar-refractivity contribution in [1.82, 2.24) is 0 Å². The predicted molar refractivity (Wildman–Crippen MR) is 324 cm³/mol. The van der Waals surface area contributed by atoms with E-state index in [1.54, 1.807) is 0 Å². The van der Waals surface area contributed by atoms with Crippen LogP contribution in [0.25, 0.3) is 43.8 Å². The lowest BCUT2D eigenvalue weighted by atomic mass is 9.42. The topological polar surface area (TPSA) is 22.9 Å². The second kappa shape index (κ2) is 15.8. The Balaban J connectivity index is 1.11. The molecule has 0 bridgehead atoms. The summed E-state index contributed by atoms with van der Waals surface area (Å²) in [5, 5.41) is 4.74. The summed E-state index contributed by atoms with van der Waals surface area (Å²) in [6, 6.07) is 65.4. The molecule has 1 aliphatic carbocycles. The van der Waals surface area contributed by atoms with Gasteiger partial charge < -0.3 is 19.0 Å². The van der Waals surface area contributed by atoms with Gasteiger partial charge in [-0.3, -0.25) is 0 Å². The molecule has 0 unspecified atom stereocenters. The first-order valence-corrected chi connectivity index (χ1v) is 27.7. The Hall–Kier alpha value is -7.50. The molecule has 0 amide bonds. The van der Waals surface area contributed by atoms with E-state index < -0.39 is 0 Å². The summed E-state index contributed by atoms with van der Waals surface area (Å²) < 4.78 is 7.32. The average Bonchev–Trinajstić information content (AvgIpc) is 3.89. The number of anilines is 8. The first-order valence-electron chi connectivity index (χ1n) is 27.7. The van der Waals surface area contributed by atoms with Crippen LogP contribution >= 0.6 is 0 Å². The fourth-order valence-electron chi connectivity index (χ4n) is 13.9. The third-order valence-corrected chi connectivity index (χ3v) is 18.4. The summed E-state index contributed by atoms with van der Waals surface area (Å²) >= 11 is 0.